The van der Waals surface area contributed by atoms with Crippen molar-refractivity contribution in [3.63, 3.8) is 0 Å². The van der Waals surface area contributed by atoms with Gasteiger partial charge < -0.3 is 5.32 Å². The van der Waals surface area contributed by atoms with Crippen molar-refractivity contribution >= 4 is 48.2 Å². The lowest BCUT2D eigenvalue weighted by molar-refractivity contribution is 0.0949. The number of carbonyl (C=O) groups is 1. The second kappa shape index (κ2) is 6.76. The normalized spacial score (nSPS) is 14.7. The van der Waals surface area contributed by atoms with Crippen LogP contribution >= 0.6 is 27.3 Å². The Morgan fingerprint density at radius 1 is 1.38 bits per heavy atom. The maximum absolute atomic E-state index is 12.5. The van der Waals surface area contributed by atoms with E-state index in [0.717, 1.165) is 23.5 Å². The van der Waals surface area contributed by atoms with Gasteiger partial charge in [0.25, 0.3) is 5.91 Å². The third kappa shape index (κ3) is 3.68. The molecule has 10 heteroatoms. The van der Waals surface area contributed by atoms with E-state index in [1.54, 1.807) is 6.07 Å². The lowest BCUT2D eigenvalue weighted by Gasteiger charge is -2.10. The molecule has 1 amide bonds. The molecule has 1 aliphatic carbocycles. The summed E-state index contributed by atoms with van der Waals surface area (Å²) in [4.78, 5) is 17.9. The Hall–Kier alpha value is -1.75. The molecule has 2 aromatic heterocycles. The van der Waals surface area contributed by atoms with Crippen molar-refractivity contribution in [2.24, 2.45) is 0 Å². The molecule has 0 spiro atoms. The van der Waals surface area contributed by atoms with Crippen LogP contribution in [0.25, 0.3) is 4.96 Å². The molecule has 7 nitrogen and oxygen atoms in total. The Balaban J connectivity index is 1.51. The molecule has 0 atom stereocenters. The number of aromatic nitrogens is 2. The van der Waals surface area contributed by atoms with Gasteiger partial charge in [0, 0.05) is 28.3 Å². The lowest BCUT2D eigenvalue weighted by atomic mass is 10.2. The first-order valence-electron chi connectivity index (χ1n) is 7.93. The van der Waals surface area contributed by atoms with Gasteiger partial charge in [0.1, 0.15) is 0 Å². The molecule has 26 heavy (non-hydrogen) atoms. The number of rotatable bonds is 6. The van der Waals surface area contributed by atoms with Crippen molar-refractivity contribution in [3.8, 4) is 0 Å². The van der Waals surface area contributed by atoms with Crippen LogP contribution in [0.15, 0.2) is 45.3 Å². The van der Waals surface area contributed by atoms with E-state index in [1.165, 1.54) is 23.5 Å². The molecule has 1 aliphatic rings. The van der Waals surface area contributed by atoms with Crippen LogP contribution in [0.3, 0.4) is 0 Å². The predicted molar refractivity (Wildman–Crippen MR) is 102 cm³/mol. The van der Waals surface area contributed by atoms with Crippen LogP contribution < -0.4 is 10.0 Å². The number of imidazole rings is 1. The van der Waals surface area contributed by atoms with Crippen LogP contribution in [0.5, 0.6) is 0 Å². The fourth-order valence-electron chi connectivity index (χ4n) is 2.46. The first-order chi connectivity index (χ1) is 12.4. The summed E-state index contributed by atoms with van der Waals surface area (Å²) in [7, 11) is -3.61. The number of benzene rings is 1. The quantitative estimate of drug-likeness (QED) is 0.598. The van der Waals surface area contributed by atoms with E-state index in [1.807, 2.05) is 22.2 Å². The molecule has 3 aromatic rings. The topological polar surface area (TPSA) is 92.6 Å². The van der Waals surface area contributed by atoms with Crippen molar-refractivity contribution < 1.29 is 13.2 Å². The molecule has 136 valence electrons. The molecule has 1 aromatic carbocycles. The first kappa shape index (κ1) is 17.7. The van der Waals surface area contributed by atoms with E-state index in [4.69, 9.17) is 0 Å². The number of carbonyl (C=O) groups excluding carboxylic acids is 1. The van der Waals surface area contributed by atoms with Crippen molar-refractivity contribution in [2.45, 2.75) is 30.3 Å². The predicted octanol–water partition coefficient (Wildman–Crippen LogP) is 2.53. The number of amides is 1. The summed E-state index contributed by atoms with van der Waals surface area (Å²) in [5, 5.41) is 4.72. The molecule has 4 rings (SSSR count). The Bertz CT molecular complexity index is 1060. The standard InChI is InChI=1S/C16H15BrN4O3S2/c17-14-4-3-12(26(23,24)20-10-1-2-10)7-13(14)15(22)18-8-11-9-21-5-6-25-16(21)19-11/h3-7,9-10,20H,1-2,8H2,(H,18,22). The van der Waals surface area contributed by atoms with Gasteiger partial charge in [-0.25, -0.2) is 18.1 Å². The van der Waals surface area contributed by atoms with Gasteiger partial charge in [-0.2, -0.15) is 0 Å². The van der Waals surface area contributed by atoms with Gasteiger partial charge in [0.05, 0.1) is 22.7 Å². The average Bonchev–Trinajstić information content (AvgIpc) is 3.14. The lowest BCUT2D eigenvalue weighted by Crippen LogP contribution is -2.27. The molecule has 0 aliphatic heterocycles. The van der Waals surface area contributed by atoms with Crippen LogP contribution in [0.4, 0.5) is 0 Å². The molecular weight excluding hydrogens is 440 g/mol. The number of hydrogen-bond donors (Lipinski definition) is 2. The minimum atomic E-state index is -3.61. The van der Waals surface area contributed by atoms with E-state index in [0.29, 0.717) is 4.47 Å². The number of nitrogens with zero attached hydrogens (tertiary/aromatic N) is 2. The minimum absolute atomic E-state index is 0.00992. The summed E-state index contributed by atoms with van der Waals surface area (Å²) in [6.45, 7) is 0.261. The summed E-state index contributed by atoms with van der Waals surface area (Å²) in [5.74, 6) is -0.364. The van der Waals surface area contributed by atoms with E-state index >= 15 is 0 Å². The van der Waals surface area contributed by atoms with Crippen molar-refractivity contribution in [3.05, 3.63) is 51.7 Å². The van der Waals surface area contributed by atoms with E-state index in [2.05, 4.69) is 31.0 Å². The summed E-state index contributed by atoms with van der Waals surface area (Å²) < 4.78 is 29.7. The maximum Gasteiger partial charge on any atom is 0.252 e. The highest BCUT2D eigenvalue weighted by molar-refractivity contribution is 9.10. The Morgan fingerprint density at radius 3 is 2.92 bits per heavy atom. The van der Waals surface area contributed by atoms with E-state index in [-0.39, 0.29) is 29.0 Å². The molecule has 0 saturated heterocycles. The zero-order chi connectivity index (χ0) is 18.3. The fraction of sp³-hybridized carbons (Fsp3) is 0.250. The number of sulfonamides is 1. The summed E-state index contributed by atoms with van der Waals surface area (Å²) in [6.07, 6.45) is 5.45. The van der Waals surface area contributed by atoms with Crippen LogP contribution in [0, 0.1) is 0 Å². The van der Waals surface area contributed by atoms with Gasteiger partial charge in [-0.05, 0) is 47.0 Å². The Morgan fingerprint density at radius 2 is 2.19 bits per heavy atom. The second-order valence-corrected chi connectivity index (χ2v) is 9.49. The van der Waals surface area contributed by atoms with Crippen molar-refractivity contribution in [1.82, 2.24) is 19.4 Å². The Labute approximate surface area is 162 Å². The Kier molecular flexibility index (Phi) is 4.59. The highest BCUT2D eigenvalue weighted by Crippen LogP contribution is 2.25. The largest absolute Gasteiger partial charge is 0.346 e. The third-order valence-corrected chi connectivity index (χ3v) is 6.95. The zero-order valence-electron chi connectivity index (χ0n) is 13.5. The van der Waals surface area contributed by atoms with Gasteiger partial charge in [-0.15, -0.1) is 11.3 Å². The van der Waals surface area contributed by atoms with Crippen LogP contribution in [-0.2, 0) is 16.6 Å². The molecular formula is C16H15BrN4O3S2. The van der Waals surface area contributed by atoms with E-state index in [9.17, 15) is 13.2 Å². The minimum Gasteiger partial charge on any atom is -0.346 e. The highest BCUT2D eigenvalue weighted by atomic mass is 79.9. The van der Waals surface area contributed by atoms with Crippen LogP contribution in [0.1, 0.15) is 28.9 Å². The number of nitrogens with one attached hydrogen (secondary N) is 2. The number of halogens is 1. The SMILES string of the molecule is O=C(NCc1cn2ccsc2n1)c1cc(S(=O)(=O)NC2CC2)ccc1Br. The van der Waals surface area contributed by atoms with E-state index < -0.39 is 10.0 Å². The van der Waals surface area contributed by atoms with Crippen molar-refractivity contribution in [1.29, 1.82) is 0 Å². The van der Waals surface area contributed by atoms with Gasteiger partial charge in [-0.3, -0.25) is 9.20 Å². The third-order valence-electron chi connectivity index (χ3n) is 3.97. The average molecular weight is 455 g/mol. The van der Waals surface area contributed by atoms with Crippen molar-refractivity contribution in [2.75, 3.05) is 0 Å². The second-order valence-electron chi connectivity index (χ2n) is 6.04. The van der Waals surface area contributed by atoms with Gasteiger partial charge >= 0.3 is 0 Å². The van der Waals surface area contributed by atoms with Crippen LogP contribution in [0.2, 0.25) is 0 Å². The monoisotopic (exact) mass is 454 g/mol. The van der Waals surface area contributed by atoms with Crippen LogP contribution in [-0.4, -0.2) is 29.8 Å². The molecule has 2 N–H and O–H groups in total. The van der Waals surface area contributed by atoms with Gasteiger partial charge in [0.2, 0.25) is 10.0 Å². The molecule has 0 bridgehead atoms. The molecule has 1 fully saturated rings. The van der Waals surface area contributed by atoms with Gasteiger partial charge in [-0.1, -0.05) is 0 Å². The number of hydrogen-bond acceptors (Lipinski definition) is 5. The maximum atomic E-state index is 12.5. The molecule has 1 saturated carbocycles. The molecule has 2 heterocycles. The molecule has 0 radical (unpaired) electrons. The van der Waals surface area contributed by atoms with Gasteiger partial charge in [0.15, 0.2) is 4.96 Å². The number of thiazole rings is 1. The fourth-order valence-corrected chi connectivity index (χ4v) is 4.94. The number of fused-ring (bicyclic) bond motifs is 1. The summed E-state index contributed by atoms with van der Waals surface area (Å²) in [6, 6.07) is 4.45. The zero-order valence-corrected chi connectivity index (χ0v) is 16.7. The first-order valence-corrected chi connectivity index (χ1v) is 11.1. The highest BCUT2D eigenvalue weighted by Gasteiger charge is 2.28. The smallest absolute Gasteiger partial charge is 0.252 e. The summed E-state index contributed by atoms with van der Waals surface area (Å²) in [5.41, 5.74) is 1.00. The summed E-state index contributed by atoms with van der Waals surface area (Å²) >= 11 is 4.83. The molecule has 0 unspecified atom stereocenters.